The minimum Gasteiger partial charge on any atom is -0.481 e. The van der Waals surface area contributed by atoms with E-state index in [4.69, 9.17) is 19.2 Å². The van der Waals surface area contributed by atoms with Gasteiger partial charge in [0.05, 0.1) is 31.4 Å². The quantitative estimate of drug-likeness (QED) is 0.220. The van der Waals surface area contributed by atoms with Crippen LogP contribution in [0.25, 0.3) is 10.9 Å². The summed E-state index contributed by atoms with van der Waals surface area (Å²) in [6.45, 7) is 5.51. The number of ether oxygens (including phenoxy) is 3. The lowest BCUT2D eigenvalue weighted by Gasteiger charge is -2.40. The largest absolute Gasteiger partial charge is 0.481 e. The van der Waals surface area contributed by atoms with Crippen molar-refractivity contribution in [3.63, 3.8) is 0 Å². The first-order valence-electron chi connectivity index (χ1n) is 14.6. The Labute approximate surface area is 247 Å². The van der Waals surface area contributed by atoms with Crippen LogP contribution in [0.15, 0.2) is 40.9 Å². The summed E-state index contributed by atoms with van der Waals surface area (Å²) in [5, 5.41) is 14.1. The van der Waals surface area contributed by atoms with Gasteiger partial charge in [0.15, 0.2) is 0 Å². The fourth-order valence-corrected chi connectivity index (χ4v) is 6.36. The minimum absolute atomic E-state index is 0.271. The Kier molecular flexibility index (Phi) is 10.7. The lowest BCUT2D eigenvalue weighted by molar-refractivity contribution is -0.0173. The number of nitrogens with zero attached hydrogens (tertiary/aromatic N) is 3. The van der Waals surface area contributed by atoms with E-state index in [9.17, 15) is 5.11 Å². The zero-order valence-corrected chi connectivity index (χ0v) is 26.2. The van der Waals surface area contributed by atoms with Crippen molar-refractivity contribution in [2.75, 3.05) is 41.0 Å². The van der Waals surface area contributed by atoms with Gasteiger partial charge in [-0.15, -0.1) is 0 Å². The Morgan fingerprint density at radius 2 is 1.68 bits per heavy atom. The molecule has 8 heteroatoms. The van der Waals surface area contributed by atoms with Crippen LogP contribution in [0.4, 0.5) is 0 Å². The van der Waals surface area contributed by atoms with Gasteiger partial charge in [-0.25, -0.2) is 4.98 Å². The molecule has 1 aliphatic carbocycles. The van der Waals surface area contributed by atoms with Crippen molar-refractivity contribution in [3.8, 4) is 17.6 Å². The molecule has 0 aliphatic heterocycles. The lowest BCUT2D eigenvalue weighted by atomic mass is 9.69. The van der Waals surface area contributed by atoms with Crippen LogP contribution in [0.2, 0.25) is 0 Å². The fourth-order valence-electron chi connectivity index (χ4n) is 5.98. The molecule has 218 valence electrons. The fraction of sp³-hybridized carbons (Fsp3) is 0.562. The van der Waals surface area contributed by atoms with E-state index in [0.29, 0.717) is 49.7 Å². The highest BCUT2D eigenvalue weighted by Crippen LogP contribution is 2.49. The summed E-state index contributed by atoms with van der Waals surface area (Å²) in [5.74, 6) is 1.70. The highest BCUT2D eigenvalue weighted by atomic mass is 79.9. The molecule has 1 saturated carbocycles. The molecule has 0 saturated heterocycles. The van der Waals surface area contributed by atoms with Crippen LogP contribution in [0.3, 0.4) is 0 Å². The van der Waals surface area contributed by atoms with Gasteiger partial charge in [-0.3, -0.25) is 0 Å². The van der Waals surface area contributed by atoms with Crippen molar-refractivity contribution in [2.45, 2.75) is 70.3 Å². The third kappa shape index (κ3) is 7.25. The molecule has 1 N–H and O–H groups in total. The minimum atomic E-state index is -1.25. The maximum absolute atomic E-state index is 13.0. The van der Waals surface area contributed by atoms with Crippen molar-refractivity contribution in [2.24, 2.45) is 5.92 Å². The van der Waals surface area contributed by atoms with Gasteiger partial charge >= 0.3 is 0 Å². The first kappa shape index (κ1) is 30.5. The van der Waals surface area contributed by atoms with Crippen LogP contribution in [-0.4, -0.2) is 60.9 Å². The first-order chi connectivity index (χ1) is 19.3. The topological polar surface area (TPSA) is 76.9 Å². The van der Waals surface area contributed by atoms with Gasteiger partial charge in [0, 0.05) is 40.0 Å². The van der Waals surface area contributed by atoms with Gasteiger partial charge in [-0.05, 0) is 76.5 Å². The Balaban J connectivity index is 1.94. The molecule has 2 unspecified atom stereocenters. The van der Waals surface area contributed by atoms with Crippen LogP contribution >= 0.6 is 15.9 Å². The van der Waals surface area contributed by atoms with Crippen molar-refractivity contribution >= 4 is 26.8 Å². The van der Waals surface area contributed by atoms with Crippen molar-refractivity contribution < 1.29 is 19.3 Å². The Morgan fingerprint density at radius 1 is 1.00 bits per heavy atom. The number of halogens is 1. The van der Waals surface area contributed by atoms with Crippen LogP contribution in [0.5, 0.6) is 17.6 Å². The van der Waals surface area contributed by atoms with Gasteiger partial charge in [0.2, 0.25) is 17.6 Å². The predicted octanol–water partition coefficient (Wildman–Crippen LogP) is 7.09. The maximum Gasteiger partial charge on any atom is 0.217 e. The van der Waals surface area contributed by atoms with Crippen molar-refractivity contribution in [3.05, 3.63) is 52.0 Å². The molecule has 4 rings (SSSR count). The second-order valence-electron chi connectivity index (χ2n) is 11.1. The predicted molar refractivity (Wildman–Crippen MR) is 164 cm³/mol. The molecule has 1 fully saturated rings. The third-order valence-electron chi connectivity index (χ3n) is 8.01. The Hall–Kier alpha value is -2.42. The normalized spacial score (nSPS) is 16.6. The van der Waals surface area contributed by atoms with Gasteiger partial charge < -0.3 is 24.2 Å². The molecule has 0 amide bonds. The van der Waals surface area contributed by atoms with Crippen molar-refractivity contribution in [1.82, 2.24) is 14.9 Å². The molecule has 3 aromatic rings. The van der Waals surface area contributed by atoms with E-state index in [1.165, 1.54) is 32.1 Å². The zero-order valence-electron chi connectivity index (χ0n) is 24.6. The average Bonchev–Trinajstić information content (AvgIpc) is 2.94. The summed E-state index contributed by atoms with van der Waals surface area (Å²) in [6.07, 6.45) is 7.41. The number of hydrogen-bond donors (Lipinski definition) is 1. The summed E-state index contributed by atoms with van der Waals surface area (Å²) >= 11 is 3.62. The molecular weight excluding hydrogens is 570 g/mol. The number of rotatable bonds is 13. The molecule has 1 aromatic carbocycles. The molecule has 0 spiro atoms. The highest BCUT2D eigenvalue weighted by Gasteiger charge is 2.43. The number of aromatic nitrogens is 2. The smallest absolute Gasteiger partial charge is 0.217 e. The molecular formula is C32H44BrN3O4. The second-order valence-corrected chi connectivity index (χ2v) is 12.0. The van der Waals surface area contributed by atoms with Crippen LogP contribution < -0.4 is 14.2 Å². The molecule has 7 nitrogen and oxygen atoms in total. The number of aliphatic hydroxyl groups is 1. The van der Waals surface area contributed by atoms with E-state index < -0.39 is 5.60 Å². The van der Waals surface area contributed by atoms with Gasteiger partial charge in [0.1, 0.15) is 0 Å². The van der Waals surface area contributed by atoms with Crippen LogP contribution in [-0.2, 0) is 5.60 Å². The number of benzene rings is 1. The molecule has 2 heterocycles. The summed E-state index contributed by atoms with van der Waals surface area (Å²) in [4.78, 5) is 11.6. The van der Waals surface area contributed by atoms with Gasteiger partial charge in [0.25, 0.3) is 0 Å². The number of fused-ring (bicyclic) bond motifs is 1. The molecule has 2 atom stereocenters. The lowest BCUT2D eigenvalue weighted by Crippen LogP contribution is -2.38. The Morgan fingerprint density at radius 3 is 2.27 bits per heavy atom. The van der Waals surface area contributed by atoms with E-state index >= 15 is 0 Å². The van der Waals surface area contributed by atoms with Gasteiger partial charge in [-0.1, -0.05) is 48.0 Å². The second kappa shape index (κ2) is 14.0. The molecule has 0 radical (unpaired) electrons. The Bertz CT molecular complexity index is 1240. The summed E-state index contributed by atoms with van der Waals surface area (Å²) < 4.78 is 18.6. The van der Waals surface area contributed by atoms with Crippen LogP contribution in [0.1, 0.15) is 75.8 Å². The molecule has 2 aromatic heterocycles. The van der Waals surface area contributed by atoms with E-state index in [0.717, 1.165) is 32.9 Å². The van der Waals surface area contributed by atoms with E-state index in [1.54, 1.807) is 7.11 Å². The third-order valence-corrected chi connectivity index (χ3v) is 8.50. The number of pyridine rings is 2. The van der Waals surface area contributed by atoms with E-state index in [-0.39, 0.29) is 5.92 Å². The number of hydrogen-bond acceptors (Lipinski definition) is 7. The standard InChI is InChI=1S/C32H44BrN3O4/c1-6-39-29-20-24(21-30(35-29)40-7-2)32(37,15-16-36(3)4)27(17-22-11-9-8-10-12-22)26-19-23-18-25(33)13-14-28(23)34-31(26)38-5/h13-14,18-22,27,37H,6-12,15-17H2,1-5H3. The molecule has 40 heavy (non-hydrogen) atoms. The van der Waals surface area contributed by atoms with Gasteiger partial charge in [-0.2, -0.15) is 4.98 Å². The van der Waals surface area contributed by atoms with E-state index in [1.807, 2.05) is 52.2 Å². The summed E-state index contributed by atoms with van der Waals surface area (Å²) in [5.41, 5.74) is 1.27. The van der Waals surface area contributed by atoms with Crippen molar-refractivity contribution in [1.29, 1.82) is 0 Å². The monoisotopic (exact) mass is 613 g/mol. The molecule has 1 aliphatic rings. The number of methoxy groups -OCH3 is 1. The highest BCUT2D eigenvalue weighted by molar-refractivity contribution is 9.10. The SMILES string of the molecule is CCOc1cc(C(O)(CCN(C)C)C(CC2CCCCC2)c2cc3cc(Br)ccc3nc2OC)cc(OCC)n1. The summed E-state index contributed by atoms with van der Waals surface area (Å²) in [6, 6.07) is 12.0. The van der Waals surface area contributed by atoms with Crippen LogP contribution in [0, 0.1) is 5.92 Å². The zero-order chi connectivity index (χ0) is 28.7. The maximum atomic E-state index is 13.0. The average molecular weight is 615 g/mol. The first-order valence-corrected chi connectivity index (χ1v) is 15.4. The van der Waals surface area contributed by atoms with E-state index in [2.05, 4.69) is 37.9 Å². The summed E-state index contributed by atoms with van der Waals surface area (Å²) in [7, 11) is 5.74. The molecule has 0 bridgehead atoms.